The summed E-state index contributed by atoms with van der Waals surface area (Å²) in [4.78, 5) is 38.9. The van der Waals surface area contributed by atoms with Crippen molar-refractivity contribution < 1.29 is 19.6 Å². The lowest BCUT2D eigenvalue weighted by Crippen LogP contribution is -2.04. The maximum Gasteiger partial charge on any atom is 0.363 e. The van der Waals surface area contributed by atoms with E-state index in [1.807, 2.05) is 0 Å². The minimum absolute atomic E-state index is 0.150. The van der Waals surface area contributed by atoms with E-state index in [4.69, 9.17) is 0 Å². The number of hydrogen-bond donors (Lipinski definition) is 0. The van der Waals surface area contributed by atoms with Gasteiger partial charge in [0.05, 0.1) is 14.8 Å². The van der Waals surface area contributed by atoms with Crippen molar-refractivity contribution in [1.82, 2.24) is 0 Å². The van der Waals surface area contributed by atoms with Gasteiger partial charge in [-0.25, -0.2) is 0 Å². The predicted octanol–water partition coefficient (Wildman–Crippen LogP) is 1.22. The summed E-state index contributed by atoms with van der Waals surface area (Å²) in [6.07, 6.45) is -0.150. The maximum absolute atomic E-state index is 10.6. The van der Waals surface area contributed by atoms with Gasteiger partial charge in [-0.15, -0.1) is 0 Å². The van der Waals surface area contributed by atoms with Gasteiger partial charge in [-0.05, 0) is 0 Å². The van der Waals surface area contributed by atoms with E-state index in [2.05, 4.69) is 0 Å². The zero-order valence-corrected chi connectivity index (χ0v) is 7.93. The van der Waals surface area contributed by atoms with Crippen molar-refractivity contribution in [3.8, 4) is 0 Å². The van der Waals surface area contributed by atoms with Crippen LogP contribution in [-0.2, 0) is 0 Å². The number of nitro benzene ring substituents is 3. The summed E-state index contributed by atoms with van der Waals surface area (Å²) in [5, 5.41) is 31.6. The second-order valence-electron chi connectivity index (χ2n) is 2.76. The topological polar surface area (TPSA) is 146 Å². The molecule has 0 saturated carbocycles. The molecule has 0 spiro atoms. The van der Waals surface area contributed by atoms with Crippen LogP contribution in [0.5, 0.6) is 0 Å². The molecule has 1 rings (SSSR count). The molecule has 0 amide bonds. The number of carbonyl (C=O) groups is 1. The molecule has 0 aliphatic heterocycles. The number of benzene rings is 1. The number of aldehydes is 1. The second kappa shape index (κ2) is 4.30. The van der Waals surface area contributed by atoms with Crippen LogP contribution in [-0.4, -0.2) is 21.1 Å². The van der Waals surface area contributed by atoms with Crippen molar-refractivity contribution in [3.63, 3.8) is 0 Å². The molecule has 0 aromatic heterocycles. The summed E-state index contributed by atoms with van der Waals surface area (Å²) >= 11 is 0. The third-order valence-electron chi connectivity index (χ3n) is 1.87. The smallest absolute Gasteiger partial charge is 0.297 e. The Hall–Kier alpha value is -2.91. The molecule has 0 heterocycles. The Kier molecular flexibility index (Phi) is 3.08. The third kappa shape index (κ3) is 2.04. The van der Waals surface area contributed by atoms with E-state index in [9.17, 15) is 35.1 Å². The highest BCUT2D eigenvalue weighted by Gasteiger charge is 2.34. The van der Waals surface area contributed by atoms with Crippen LogP contribution in [0.1, 0.15) is 10.4 Å². The quantitative estimate of drug-likeness (QED) is 0.437. The molecule has 10 nitrogen and oxygen atoms in total. The third-order valence-corrected chi connectivity index (χ3v) is 1.87. The van der Waals surface area contributed by atoms with Crippen molar-refractivity contribution in [2.45, 2.75) is 0 Å². The number of rotatable bonds is 4. The van der Waals surface area contributed by atoms with E-state index >= 15 is 0 Å². The molecule has 0 aliphatic carbocycles. The van der Waals surface area contributed by atoms with E-state index in [0.717, 1.165) is 0 Å². The lowest BCUT2D eigenvalue weighted by Gasteiger charge is -1.98. The molecular weight excluding hydrogens is 238 g/mol. The summed E-state index contributed by atoms with van der Waals surface area (Å²) in [5.41, 5.74) is -3.92. The maximum atomic E-state index is 10.6. The molecule has 0 N–H and O–H groups in total. The van der Waals surface area contributed by atoms with E-state index in [0.29, 0.717) is 12.1 Å². The van der Waals surface area contributed by atoms with Crippen molar-refractivity contribution >= 4 is 23.3 Å². The Bertz CT molecular complexity index is 539. The first-order valence-electron chi connectivity index (χ1n) is 3.95. The molecule has 0 aliphatic rings. The number of nitrogens with zero attached hydrogens (tertiary/aromatic N) is 3. The summed E-state index contributed by atoms with van der Waals surface area (Å²) in [6.45, 7) is 0. The van der Waals surface area contributed by atoms with E-state index in [1.165, 1.54) is 0 Å². The van der Waals surface area contributed by atoms with Crippen LogP contribution in [0.25, 0.3) is 0 Å². The van der Waals surface area contributed by atoms with E-state index in [-0.39, 0.29) is 6.29 Å². The van der Waals surface area contributed by atoms with Crippen LogP contribution in [0.4, 0.5) is 17.1 Å². The normalized spacial score (nSPS) is 9.65. The molecule has 0 unspecified atom stereocenters. The number of carbonyl (C=O) groups excluding carboxylic acids is 1. The zero-order chi connectivity index (χ0) is 13.2. The minimum atomic E-state index is -1.20. The van der Waals surface area contributed by atoms with Crippen molar-refractivity contribution in [3.05, 3.63) is 48.0 Å². The van der Waals surface area contributed by atoms with Crippen molar-refractivity contribution in [1.29, 1.82) is 0 Å². The molecule has 10 heteroatoms. The molecule has 88 valence electrons. The van der Waals surface area contributed by atoms with E-state index in [1.54, 1.807) is 0 Å². The molecule has 17 heavy (non-hydrogen) atoms. The Balaban J connectivity index is 3.73. The van der Waals surface area contributed by atoms with Gasteiger partial charge in [0.1, 0.15) is 0 Å². The van der Waals surface area contributed by atoms with Gasteiger partial charge >= 0.3 is 11.4 Å². The average molecular weight is 241 g/mol. The van der Waals surface area contributed by atoms with Gasteiger partial charge in [-0.3, -0.25) is 35.1 Å². The molecule has 0 saturated heterocycles. The largest absolute Gasteiger partial charge is 0.363 e. The van der Waals surface area contributed by atoms with Crippen LogP contribution in [0.2, 0.25) is 0 Å². The summed E-state index contributed by atoms with van der Waals surface area (Å²) < 4.78 is 0. The van der Waals surface area contributed by atoms with E-state index < -0.39 is 37.4 Å². The molecule has 0 fully saturated rings. The SMILES string of the molecule is O=Cc1c([N+](=O)[O-])ccc([N+](=O)[O-])c1[N+](=O)[O-]. The minimum Gasteiger partial charge on any atom is -0.297 e. The van der Waals surface area contributed by atoms with Crippen LogP contribution in [0.3, 0.4) is 0 Å². The van der Waals surface area contributed by atoms with Crippen molar-refractivity contribution in [2.24, 2.45) is 0 Å². The Morgan fingerprint density at radius 1 is 0.882 bits per heavy atom. The fraction of sp³-hybridized carbons (Fsp3) is 0. The predicted molar refractivity (Wildman–Crippen MR) is 51.8 cm³/mol. The lowest BCUT2D eigenvalue weighted by atomic mass is 10.1. The van der Waals surface area contributed by atoms with Gasteiger partial charge in [0.2, 0.25) is 0 Å². The number of hydrogen-bond acceptors (Lipinski definition) is 7. The molecule has 0 bridgehead atoms. The van der Waals surface area contributed by atoms with Crippen molar-refractivity contribution in [2.75, 3.05) is 0 Å². The highest BCUT2D eigenvalue weighted by molar-refractivity contribution is 5.90. The summed E-state index contributed by atoms with van der Waals surface area (Å²) in [6, 6.07) is 1.29. The molecule has 1 aromatic carbocycles. The Labute approximate surface area is 91.9 Å². The van der Waals surface area contributed by atoms with Gasteiger partial charge < -0.3 is 0 Å². The zero-order valence-electron chi connectivity index (χ0n) is 7.93. The van der Waals surface area contributed by atoms with Gasteiger partial charge in [0.15, 0.2) is 11.8 Å². The monoisotopic (exact) mass is 241 g/mol. The first-order valence-corrected chi connectivity index (χ1v) is 3.95. The molecule has 0 radical (unpaired) electrons. The molecule has 1 aromatic rings. The Morgan fingerprint density at radius 2 is 1.35 bits per heavy atom. The number of nitro groups is 3. The molecule has 0 atom stereocenters. The second-order valence-corrected chi connectivity index (χ2v) is 2.76. The van der Waals surface area contributed by atoms with Gasteiger partial charge in [0, 0.05) is 12.1 Å². The summed E-state index contributed by atoms with van der Waals surface area (Å²) in [5.74, 6) is 0. The lowest BCUT2D eigenvalue weighted by molar-refractivity contribution is -0.424. The standard InChI is InChI=1S/C7H3N3O7/c11-3-4-5(8(12)13)1-2-6(9(14)15)7(4)10(16)17/h1-3H. The van der Waals surface area contributed by atoms with Gasteiger partial charge in [-0.1, -0.05) is 0 Å². The van der Waals surface area contributed by atoms with Gasteiger partial charge in [-0.2, -0.15) is 0 Å². The van der Waals surface area contributed by atoms with Crippen LogP contribution < -0.4 is 0 Å². The van der Waals surface area contributed by atoms with Crippen LogP contribution >= 0.6 is 0 Å². The van der Waals surface area contributed by atoms with Crippen LogP contribution in [0.15, 0.2) is 12.1 Å². The van der Waals surface area contributed by atoms with Gasteiger partial charge in [0.25, 0.3) is 5.69 Å². The first-order chi connectivity index (χ1) is 7.90. The fourth-order valence-electron chi connectivity index (χ4n) is 1.20. The highest BCUT2D eigenvalue weighted by atomic mass is 16.6. The summed E-state index contributed by atoms with van der Waals surface area (Å²) in [7, 11) is 0. The Morgan fingerprint density at radius 3 is 1.71 bits per heavy atom. The first kappa shape index (κ1) is 12.2. The molecular formula is C7H3N3O7. The fourth-order valence-corrected chi connectivity index (χ4v) is 1.20. The average Bonchev–Trinajstić information content (AvgIpc) is 2.26. The van der Waals surface area contributed by atoms with Crippen LogP contribution in [0, 0.1) is 30.3 Å². The highest BCUT2D eigenvalue weighted by Crippen LogP contribution is 2.35.